The predicted octanol–water partition coefficient (Wildman–Crippen LogP) is 1.54. The summed E-state index contributed by atoms with van der Waals surface area (Å²) in [5, 5.41) is 46.3. The Labute approximate surface area is 230 Å². The Morgan fingerprint density at radius 2 is 1.82 bits per heavy atom. The lowest BCUT2D eigenvalue weighted by Crippen LogP contribution is -2.54. The summed E-state index contributed by atoms with van der Waals surface area (Å²) < 4.78 is 17.5. The summed E-state index contributed by atoms with van der Waals surface area (Å²) in [5.41, 5.74) is -0.534. The number of carbonyl (C=O) groups excluding carboxylic acids is 3. The van der Waals surface area contributed by atoms with Gasteiger partial charge in [-0.25, -0.2) is 0 Å². The molecule has 0 spiro atoms. The summed E-state index contributed by atoms with van der Waals surface area (Å²) in [6.45, 7) is 3.47. The minimum atomic E-state index is -1.03. The van der Waals surface area contributed by atoms with Crippen molar-refractivity contribution >= 4 is 17.3 Å². The van der Waals surface area contributed by atoms with Crippen LogP contribution in [-0.2, 0) is 20.7 Å². The molecule has 0 amide bonds. The lowest BCUT2D eigenvalue weighted by Gasteiger charge is -2.41. The van der Waals surface area contributed by atoms with Crippen molar-refractivity contribution in [1.29, 1.82) is 0 Å². The fraction of sp³-hybridized carbons (Fsp3) is 0.483. The van der Waals surface area contributed by atoms with Crippen LogP contribution in [0, 0.1) is 5.92 Å². The highest BCUT2D eigenvalue weighted by Crippen LogP contribution is 2.51. The number of aliphatic hydroxyl groups is 2. The van der Waals surface area contributed by atoms with Gasteiger partial charge < -0.3 is 40.0 Å². The monoisotopic (exact) mass is 555 g/mol. The molecular weight excluding hydrogens is 522 g/mol. The third-order valence-corrected chi connectivity index (χ3v) is 8.13. The number of benzene rings is 2. The highest BCUT2D eigenvalue weighted by Gasteiger charge is 2.45. The fourth-order valence-electron chi connectivity index (χ4n) is 6.16. The van der Waals surface area contributed by atoms with E-state index in [9.17, 15) is 34.8 Å². The molecule has 2 aromatic rings. The number of phenolic OH excluding ortho intramolecular Hbond substituents is 2. The molecule has 11 nitrogen and oxygen atoms in total. The Balaban J connectivity index is 1.63. The van der Waals surface area contributed by atoms with Gasteiger partial charge in [0, 0.05) is 35.1 Å². The zero-order valence-corrected chi connectivity index (χ0v) is 22.5. The number of ketones is 3. The van der Waals surface area contributed by atoms with Crippen LogP contribution in [0.25, 0.3) is 0 Å². The van der Waals surface area contributed by atoms with Crippen LogP contribution >= 0.6 is 0 Å². The minimum Gasteiger partial charge on any atom is -0.507 e. The lowest BCUT2D eigenvalue weighted by molar-refractivity contribution is -0.246. The Morgan fingerprint density at radius 1 is 1.10 bits per heavy atom. The van der Waals surface area contributed by atoms with Crippen molar-refractivity contribution in [1.82, 2.24) is 5.32 Å². The first-order valence-electron chi connectivity index (χ1n) is 13.4. The number of carbonyl (C=O) groups is 3. The Morgan fingerprint density at radius 3 is 2.50 bits per heavy atom. The van der Waals surface area contributed by atoms with Crippen molar-refractivity contribution in [2.45, 2.75) is 63.8 Å². The highest BCUT2D eigenvalue weighted by molar-refractivity contribution is 6.31. The van der Waals surface area contributed by atoms with E-state index in [1.165, 1.54) is 19.2 Å². The molecule has 40 heavy (non-hydrogen) atoms. The molecule has 0 bridgehead atoms. The van der Waals surface area contributed by atoms with Crippen molar-refractivity contribution in [2.75, 3.05) is 20.3 Å². The molecule has 0 radical (unpaired) electrons. The molecule has 5 N–H and O–H groups in total. The summed E-state index contributed by atoms with van der Waals surface area (Å²) in [6.07, 6.45) is -3.06. The summed E-state index contributed by atoms with van der Waals surface area (Å²) in [6, 6.07) is 4.17. The van der Waals surface area contributed by atoms with Crippen molar-refractivity contribution in [2.24, 2.45) is 5.92 Å². The quantitative estimate of drug-likeness (QED) is 0.268. The molecule has 1 aliphatic heterocycles. The van der Waals surface area contributed by atoms with Gasteiger partial charge in [0.1, 0.15) is 23.9 Å². The molecule has 6 atom stereocenters. The maximum absolute atomic E-state index is 13.7. The molecule has 0 unspecified atom stereocenters. The number of rotatable bonds is 7. The smallest absolute Gasteiger partial charge is 0.202 e. The van der Waals surface area contributed by atoms with E-state index in [1.807, 2.05) is 6.92 Å². The predicted molar refractivity (Wildman–Crippen MR) is 140 cm³/mol. The SMILES string of the molecule is CCN[C@H]1C[C@H](O[C@H]2C[C@H](C(=O)CO)Cc3c(O)c4c(c(O)c32)C(=O)c2c(OC)cccc2C4=O)O[C@@H](C)[C@@H]1O. The number of methoxy groups -OCH3 is 1. The van der Waals surface area contributed by atoms with E-state index in [-0.39, 0.29) is 64.4 Å². The summed E-state index contributed by atoms with van der Waals surface area (Å²) in [7, 11) is 1.36. The first-order chi connectivity index (χ1) is 19.1. The van der Waals surface area contributed by atoms with Crippen LogP contribution < -0.4 is 10.1 Å². The van der Waals surface area contributed by atoms with Crippen LogP contribution in [0.5, 0.6) is 17.2 Å². The minimum absolute atomic E-state index is 0.0225. The Kier molecular flexibility index (Phi) is 7.68. The highest BCUT2D eigenvalue weighted by atomic mass is 16.7. The average molecular weight is 556 g/mol. The van der Waals surface area contributed by atoms with Gasteiger partial charge in [-0.05, 0) is 32.4 Å². The van der Waals surface area contributed by atoms with Crippen LogP contribution in [0.4, 0.5) is 0 Å². The van der Waals surface area contributed by atoms with Gasteiger partial charge >= 0.3 is 0 Å². The van der Waals surface area contributed by atoms with E-state index in [0.29, 0.717) is 6.54 Å². The second kappa shape index (κ2) is 10.9. The van der Waals surface area contributed by atoms with Crippen molar-refractivity contribution in [3.05, 3.63) is 51.6 Å². The second-order valence-corrected chi connectivity index (χ2v) is 10.4. The number of phenols is 2. The first-order valence-corrected chi connectivity index (χ1v) is 13.4. The van der Waals surface area contributed by atoms with Gasteiger partial charge in [-0.15, -0.1) is 0 Å². The lowest BCUT2D eigenvalue weighted by atomic mass is 9.73. The number of aromatic hydroxyl groups is 2. The number of fused-ring (bicyclic) bond motifs is 3. The second-order valence-electron chi connectivity index (χ2n) is 10.4. The number of likely N-dealkylation sites (N-methyl/N-ethyl adjacent to an activating group) is 1. The van der Waals surface area contributed by atoms with E-state index in [4.69, 9.17) is 14.2 Å². The van der Waals surface area contributed by atoms with Gasteiger partial charge in [0.15, 0.2) is 17.9 Å². The number of Topliss-reactive ketones (excluding diaryl/α,β-unsaturated/α-hetero) is 1. The van der Waals surface area contributed by atoms with Crippen molar-refractivity contribution < 1.29 is 49.0 Å². The molecular formula is C29H33NO10. The van der Waals surface area contributed by atoms with Crippen LogP contribution in [0.15, 0.2) is 18.2 Å². The first kappa shape index (κ1) is 28.2. The largest absolute Gasteiger partial charge is 0.507 e. The molecule has 1 saturated heterocycles. The third kappa shape index (κ3) is 4.47. The van der Waals surface area contributed by atoms with Crippen LogP contribution in [0.1, 0.15) is 75.8 Å². The maximum Gasteiger partial charge on any atom is 0.202 e. The van der Waals surface area contributed by atoms with Crippen molar-refractivity contribution in [3.63, 3.8) is 0 Å². The van der Waals surface area contributed by atoms with E-state index in [2.05, 4.69) is 5.32 Å². The van der Waals surface area contributed by atoms with Gasteiger partial charge in [-0.1, -0.05) is 19.1 Å². The normalized spacial score (nSPS) is 27.5. The maximum atomic E-state index is 13.7. The van der Waals surface area contributed by atoms with Crippen LogP contribution in [0.2, 0.25) is 0 Å². The average Bonchev–Trinajstić information content (AvgIpc) is 2.95. The zero-order chi connectivity index (χ0) is 28.9. The number of hydrogen-bond acceptors (Lipinski definition) is 11. The number of ether oxygens (including phenoxy) is 3. The zero-order valence-electron chi connectivity index (χ0n) is 22.5. The van der Waals surface area contributed by atoms with Gasteiger partial charge in [0.2, 0.25) is 5.78 Å². The van der Waals surface area contributed by atoms with Crippen LogP contribution in [0.3, 0.4) is 0 Å². The Bertz CT molecular complexity index is 1370. The summed E-state index contributed by atoms with van der Waals surface area (Å²) in [5.74, 6) is -3.53. The van der Waals surface area contributed by atoms with Gasteiger partial charge in [0.25, 0.3) is 0 Å². The van der Waals surface area contributed by atoms with Gasteiger partial charge in [-0.2, -0.15) is 0 Å². The molecule has 1 fully saturated rings. The molecule has 2 aromatic carbocycles. The molecule has 0 aromatic heterocycles. The van der Waals surface area contributed by atoms with E-state index in [0.717, 1.165) is 0 Å². The molecule has 0 saturated carbocycles. The summed E-state index contributed by atoms with van der Waals surface area (Å²) in [4.78, 5) is 39.9. The molecule has 3 aliphatic rings. The van der Waals surface area contributed by atoms with Crippen molar-refractivity contribution in [3.8, 4) is 17.2 Å². The number of aliphatic hydroxyl groups excluding tert-OH is 2. The van der Waals surface area contributed by atoms with Gasteiger partial charge in [-0.3, -0.25) is 14.4 Å². The summed E-state index contributed by atoms with van der Waals surface area (Å²) >= 11 is 0. The molecule has 11 heteroatoms. The number of hydrogen-bond donors (Lipinski definition) is 5. The standard InChI is InChI=1S/C29H33NO10/c1-4-30-16-10-20(39-12(2)25(16)33)40-19-9-13(17(32)11-31)8-15-22(19)29(37)24-23(27(15)35)26(34)14-6-5-7-18(38-3)21(14)28(24)36/h5-7,12-13,16,19-20,25,30-31,33,35,37H,4,8-11H2,1-3H3/t12-,13+,16-,19-,20-,25-/m0/s1. The number of nitrogens with one attached hydrogen (secondary N) is 1. The molecule has 1 heterocycles. The van der Waals surface area contributed by atoms with Gasteiger partial charge in [0.05, 0.1) is 42.1 Å². The molecule has 5 rings (SSSR count). The molecule has 214 valence electrons. The Hall–Kier alpha value is -3.35. The molecule has 2 aliphatic carbocycles. The van der Waals surface area contributed by atoms with Crippen LogP contribution in [-0.4, -0.2) is 82.6 Å². The van der Waals surface area contributed by atoms with E-state index >= 15 is 0 Å². The van der Waals surface area contributed by atoms with E-state index < -0.39 is 66.0 Å². The van der Waals surface area contributed by atoms with E-state index in [1.54, 1.807) is 13.0 Å². The third-order valence-electron chi connectivity index (χ3n) is 8.13. The fourth-order valence-corrected chi connectivity index (χ4v) is 6.16. The topological polar surface area (TPSA) is 172 Å².